The molecule has 0 spiro atoms. The van der Waals surface area contributed by atoms with E-state index in [1.165, 1.54) is 0 Å². The van der Waals surface area contributed by atoms with Crippen LogP contribution in [0.3, 0.4) is 0 Å². The zero-order valence-electron chi connectivity index (χ0n) is 5.63. The number of halogens is 1. The van der Waals surface area contributed by atoms with E-state index >= 15 is 0 Å². The molecular formula is C7H9BrN2. The monoisotopic (exact) mass is 200 g/mol. The Morgan fingerprint density at radius 1 is 1.40 bits per heavy atom. The van der Waals surface area contributed by atoms with Crippen molar-refractivity contribution < 1.29 is 0 Å². The number of nitrogens with zero attached hydrogens (tertiary/aromatic N) is 2. The van der Waals surface area contributed by atoms with E-state index < -0.39 is 0 Å². The van der Waals surface area contributed by atoms with Crippen LogP contribution in [0.4, 0.5) is 0 Å². The van der Waals surface area contributed by atoms with Crippen molar-refractivity contribution in [1.82, 2.24) is 9.97 Å². The standard InChI is InChI=1S/C7H9BrN2/c8-3-1-2-7-6-9-4-5-10-7/h4-6H,1-3H2. The van der Waals surface area contributed by atoms with Crippen molar-refractivity contribution in [2.45, 2.75) is 12.8 Å². The first-order chi connectivity index (χ1) is 4.93. The molecule has 0 saturated heterocycles. The SMILES string of the molecule is BrCCCc1cnccn1. The van der Waals surface area contributed by atoms with Crippen molar-refractivity contribution in [2.24, 2.45) is 0 Å². The third kappa shape index (κ3) is 2.43. The summed E-state index contributed by atoms with van der Waals surface area (Å²) in [6.07, 6.45) is 7.36. The fourth-order valence-electron chi connectivity index (χ4n) is 0.707. The maximum Gasteiger partial charge on any atom is 0.0586 e. The Bertz CT molecular complexity index is 176. The molecule has 1 aromatic heterocycles. The molecule has 0 N–H and O–H groups in total. The van der Waals surface area contributed by atoms with Gasteiger partial charge in [-0.15, -0.1) is 0 Å². The summed E-state index contributed by atoms with van der Waals surface area (Å²) in [5.41, 5.74) is 1.07. The molecule has 0 unspecified atom stereocenters. The van der Waals surface area contributed by atoms with Crippen LogP contribution in [0.1, 0.15) is 12.1 Å². The summed E-state index contributed by atoms with van der Waals surface area (Å²) in [7, 11) is 0. The molecule has 0 saturated carbocycles. The molecule has 10 heavy (non-hydrogen) atoms. The molecule has 3 heteroatoms. The van der Waals surface area contributed by atoms with Gasteiger partial charge in [0.2, 0.25) is 0 Å². The van der Waals surface area contributed by atoms with Crippen molar-refractivity contribution in [1.29, 1.82) is 0 Å². The van der Waals surface area contributed by atoms with E-state index in [-0.39, 0.29) is 0 Å². The van der Waals surface area contributed by atoms with Gasteiger partial charge in [-0.2, -0.15) is 0 Å². The lowest BCUT2D eigenvalue weighted by Crippen LogP contribution is -1.90. The van der Waals surface area contributed by atoms with Gasteiger partial charge in [0, 0.05) is 23.9 Å². The van der Waals surface area contributed by atoms with Crippen LogP contribution >= 0.6 is 15.9 Å². The zero-order chi connectivity index (χ0) is 7.23. The maximum atomic E-state index is 4.13. The third-order valence-electron chi connectivity index (χ3n) is 1.18. The van der Waals surface area contributed by atoms with Crippen LogP contribution in [0.25, 0.3) is 0 Å². The summed E-state index contributed by atoms with van der Waals surface area (Å²) >= 11 is 3.36. The van der Waals surface area contributed by atoms with Gasteiger partial charge in [-0.05, 0) is 12.8 Å². The molecule has 0 aliphatic rings. The number of hydrogen-bond acceptors (Lipinski definition) is 2. The van der Waals surface area contributed by atoms with Gasteiger partial charge in [0.25, 0.3) is 0 Å². The van der Waals surface area contributed by atoms with Gasteiger partial charge in [0.15, 0.2) is 0 Å². The normalized spacial score (nSPS) is 9.70. The Balaban J connectivity index is 2.43. The predicted octanol–water partition coefficient (Wildman–Crippen LogP) is 1.80. The lowest BCUT2D eigenvalue weighted by Gasteiger charge is -1.94. The van der Waals surface area contributed by atoms with Gasteiger partial charge in [-0.3, -0.25) is 9.97 Å². The number of aromatic nitrogens is 2. The van der Waals surface area contributed by atoms with E-state index in [1.54, 1.807) is 12.4 Å². The average Bonchev–Trinajstić information content (AvgIpc) is 2.03. The lowest BCUT2D eigenvalue weighted by atomic mass is 10.3. The Morgan fingerprint density at radius 3 is 2.90 bits per heavy atom. The molecule has 0 fully saturated rings. The highest BCUT2D eigenvalue weighted by atomic mass is 79.9. The second-order valence-corrected chi connectivity index (χ2v) is 2.78. The lowest BCUT2D eigenvalue weighted by molar-refractivity contribution is 0.883. The van der Waals surface area contributed by atoms with Gasteiger partial charge >= 0.3 is 0 Å². The van der Waals surface area contributed by atoms with Gasteiger partial charge < -0.3 is 0 Å². The number of rotatable bonds is 3. The summed E-state index contributed by atoms with van der Waals surface area (Å²) in [6, 6.07) is 0. The fraction of sp³-hybridized carbons (Fsp3) is 0.429. The Morgan fingerprint density at radius 2 is 2.30 bits per heavy atom. The molecule has 0 radical (unpaired) electrons. The molecular weight excluding hydrogens is 192 g/mol. The first kappa shape index (κ1) is 7.66. The smallest absolute Gasteiger partial charge is 0.0586 e. The first-order valence-electron chi connectivity index (χ1n) is 3.24. The highest BCUT2D eigenvalue weighted by Crippen LogP contribution is 1.97. The molecule has 0 aliphatic carbocycles. The Kier molecular flexibility index (Phi) is 3.36. The topological polar surface area (TPSA) is 25.8 Å². The number of alkyl halides is 1. The minimum atomic E-state index is 1.01. The summed E-state index contributed by atoms with van der Waals surface area (Å²) in [5, 5.41) is 1.03. The molecule has 0 aliphatic heterocycles. The van der Waals surface area contributed by atoms with Gasteiger partial charge in [-0.1, -0.05) is 15.9 Å². The number of aryl methyl sites for hydroxylation is 1. The van der Waals surface area contributed by atoms with Gasteiger partial charge in [0.1, 0.15) is 0 Å². The zero-order valence-corrected chi connectivity index (χ0v) is 7.21. The molecule has 0 bridgehead atoms. The van der Waals surface area contributed by atoms with Crippen molar-refractivity contribution in [3.8, 4) is 0 Å². The Labute approximate surface area is 68.8 Å². The summed E-state index contributed by atoms with van der Waals surface area (Å²) in [6.45, 7) is 0. The van der Waals surface area contributed by atoms with Gasteiger partial charge in [-0.25, -0.2) is 0 Å². The Hall–Kier alpha value is -0.440. The van der Waals surface area contributed by atoms with Crippen LogP contribution in [0.15, 0.2) is 18.6 Å². The van der Waals surface area contributed by atoms with E-state index in [4.69, 9.17) is 0 Å². The van der Waals surface area contributed by atoms with Crippen molar-refractivity contribution in [2.75, 3.05) is 5.33 Å². The molecule has 2 nitrogen and oxygen atoms in total. The van der Waals surface area contributed by atoms with Crippen LogP contribution in [0.5, 0.6) is 0 Å². The van der Waals surface area contributed by atoms with Crippen molar-refractivity contribution in [3.63, 3.8) is 0 Å². The average molecular weight is 201 g/mol. The highest BCUT2D eigenvalue weighted by molar-refractivity contribution is 9.09. The molecule has 0 aromatic carbocycles. The van der Waals surface area contributed by atoms with E-state index in [9.17, 15) is 0 Å². The van der Waals surface area contributed by atoms with Crippen LogP contribution < -0.4 is 0 Å². The third-order valence-corrected chi connectivity index (χ3v) is 1.74. The highest BCUT2D eigenvalue weighted by Gasteiger charge is 1.90. The summed E-state index contributed by atoms with van der Waals surface area (Å²) < 4.78 is 0. The second kappa shape index (κ2) is 4.39. The second-order valence-electron chi connectivity index (χ2n) is 1.99. The minimum absolute atomic E-state index is 1.01. The quantitative estimate of drug-likeness (QED) is 0.697. The van der Waals surface area contributed by atoms with Gasteiger partial charge in [0.05, 0.1) is 5.69 Å². The van der Waals surface area contributed by atoms with E-state index in [1.807, 2.05) is 6.20 Å². The van der Waals surface area contributed by atoms with Crippen LogP contribution in [-0.4, -0.2) is 15.3 Å². The molecule has 0 atom stereocenters. The molecule has 1 rings (SSSR count). The van der Waals surface area contributed by atoms with E-state index in [0.717, 1.165) is 23.9 Å². The van der Waals surface area contributed by atoms with Crippen molar-refractivity contribution in [3.05, 3.63) is 24.3 Å². The number of hydrogen-bond donors (Lipinski definition) is 0. The minimum Gasteiger partial charge on any atom is -0.261 e. The molecule has 1 aromatic rings. The van der Waals surface area contributed by atoms with E-state index in [0.29, 0.717) is 0 Å². The maximum absolute atomic E-state index is 4.13. The predicted molar refractivity (Wildman–Crippen MR) is 44.1 cm³/mol. The van der Waals surface area contributed by atoms with Crippen LogP contribution in [0, 0.1) is 0 Å². The van der Waals surface area contributed by atoms with Crippen LogP contribution in [-0.2, 0) is 6.42 Å². The molecule has 54 valence electrons. The van der Waals surface area contributed by atoms with Crippen LogP contribution in [0.2, 0.25) is 0 Å². The first-order valence-corrected chi connectivity index (χ1v) is 4.36. The van der Waals surface area contributed by atoms with Crippen molar-refractivity contribution >= 4 is 15.9 Å². The molecule has 1 heterocycles. The fourth-order valence-corrected chi connectivity index (χ4v) is 0.987. The van der Waals surface area contributed by atoms with E-state index in [2.05, 4.69) is 25.9 Å². The molecule has 0 amide bonds. The summed E-state index contributed by atoms with van der Waals surface area (Å²) in [5.74, 6) is 0. The summed E-state index contributed by atoms with van der Waals surface area (Å²) in [4.78, 5) is 8.09. The largest absolute Gasteiger partial charge is 0.261 e.